The second-order valence-electron chi connectivity index (χ2n) is 7.67. The van der Waals surface area contributed by atoms with Crippen LogP contribution in [0.1, 0.15) is 36.7 Å². The first-order chi connectivity index (χ1) is 15.6. The van der Waals surface area contributed by atoms with E-state index < -0.39 is 5.97 Å². The molecule has 8 heteroatoms. The lowest BCUT2D eigenvalue weighted by molar-refractivity contribution is 0.0600. The van der Waals surface area contributed by atoms with Crippen LogP contribution in [0, 0.1) is 0 Å². The third-order valence-corrected chi connectivity index (χ3v) is 6.77. The molecule has 7 nitrogen and oxygen atoms in total. The summed E-state index contributed by atoms with van der Waals surface area (Å²) in [6.07, 6.45) is 0.725. The Kier molecular flexibility index (Phi) is 5.55. The number of fused-ring (bicyclic) bond motifs is 2. The van der Waals surface area contributed by atoms with E-state index in [9.17, 15) is 9.59 Å². The second kappa shape index (κ2) is 8.64. The van der Waals surface area contributed by atoms with Crippen LogP contribution in [0.15, 0.2) is 48.5 Å². The number of hydrogen-bond donors (Lipinski definition) is 1. The van der Waals surface area contributed by atoms with Gasteiger partial charge in [-0.05, 0) is 35.7 Å². The normalized spacial score (nSPS) is 14.7. The molecule has 0 atom stereocenters. The quantitative estimate of drug-likeness (QED) is 0.591. The summed E-state index contributed by atoms with van der Waals surface area (Å²) in [5, 5.41) is 3.44. The van der Waals surface area contributed by atoms with Crippen molar-refractivity contribution in [1.29, 1.82) is 0 Å². The third-order valence-electron chi connectivity index (χ3n) is 5.64. The van der Waals surface area contributed by atoms with Gasteiger partial charge in [0.05, 0.1) is 12.7 Å². The monoisotopic (exact) mass is 450 g/mol. The van der Waals surface area contributed by atoms with Gasteiger partial charge in [0.1, 0.15) is 5.00 Å². The molecular weight excluding hydrogens is 428 g/mol. The van der Waals surface area contributed by atoms with E-state index in [-0.39, 0.29) is 12.7 Å². The number of nitrogens with zero attached hydrogens (tertiary/aromatic N) is 1. The van der Waals surface area contributed by atoms with Crippen molar-refractivity contribution in [3.63, 3.8) is 0 Å². The molecule has 0 radical (unpaired) electrons. The smallest absolute Gasteiger partial charge is 0.341 e. The van der Waals surface area contributed by atoms with Gasteiger partial charge in [-0.25, -0.2) is 4.79 Å². The molecule has 0 saturated heterocycles. The van der Waals surface area contributed by atoms with E-state index >= 15 is 0 Å². The number of rotatable bonds is 5. The van der Waals surface area contributed by atoms with Crippen LogP contribution in [0.3, 0.4) is 0 Å². The van der Waals surface area contributed by atoms with E-state index in [0.29, 0.717) is 27.6 Å². The van der Waals surface area contributed by atoms with Crippen molar-refractivity contribution in [3.05, 3.63) is 75.7 Å². The molecule has 32 heavy (non-hydrogen) atoms. The lowest BCUT2D eigenvalue weighted by atomic mass is 10.0. The largest absolute Gasteiger partial charge is 0.465 e. The first-order valence-corrected chi connectivity index (χ1v) is 11.1. The highest BCUT2D eigenvalue weighted by Gasteiger charge is 2.29. The summed E-state index contributed by atoms with van der Waals surface area (Å²) < 4.78 is 15.7. The Hall–Kier alpha value is -3.36. The molecule has 3 aromatic rings. The van der Waals surface area contributed by atoms with E-state index in [0.717, 1.165) is 36.5 Å². The van der Waals surface area contributed by atoms with Gasteiger partial charge in [-0.1, -0.05) is 30.3 Å². The molecule has 0 aliphatic carbocycles. The van der Waals surface area contributed by atoms with Crippen molar-refractivity contribution < 1.29 is 23.8 Å². The van der Waals surface area contributed by atoms with Crippen molar-refractivity contribution in [2.45, 2.75) is 19.5 Å². The highest BCUT2D eigenvalue weighted by atomic mass is 32.1. The number of thiophene rings is 1. The Morgan fingerprint density at radius 1 is 1.12 bits per heavy atom. The number of methoxy groups -OCH3 is 1. The third kappa shape index (κ3) is 3.94. The van der Waals surface area contributed by atoms with Crippen molar-refractivity contribution in [1.82, 2.24) is 4.90 Å². The maximum atomic E-state index is 12.9. The zero-order chi connectivity index (χ0) is 22.1. The minimum Gasteiger partial charge on any atom is -0.465 e. The Labute approximate surface area is 189 Å². The highest BCUT2D eigenvalue weighted by Crippen LogP contribution is 2.39. The van der Waals surface area contributed by atoms with Gasteiger partial charge in [-0.15, -0.1) is 11.3 Å². The van der Waals surface area contributed by atoms with Crippen LogP contribution in [0.25, 0.3) is 0 Å². The number of amides is 1. The molecule has 1 amide bonds. The summed E-state index contributed by atoms with van der Waals surface area (Å²) in [7, 11) is 1.36. The number of carbonyl (C=O) groups excluding carboxylic acids is 2. The number of anilines is 1. The van der Waals surface area contributed by atoms with Gasteiger partial charge in [0.2, 0.25) is 6.79 Å². The van der Waals surface area contributed by atoms with E-state index in [2.05, 4.69) is 22.3 Å². The lowest BCUT2D eigenvalue weighted by Crippen LogP contribution is -2.29. The van der Waals surface area contributed by atoms with Crippen LogP contribution in [0.2, 0.25) is 0 Å². The van der Waals surface area contributed by atoms with Gasteiger partial charge < -0.3 is 19.5 Å². The Morgan fingerprint density at radius 3 is 2.75 bits per heavy atom. The summed E-state index contributed by atoms with van der Waals surface area (Å²) in [6, 6.07) is 15.3. The lowest BCUT2D eigenvalue weighted by Gasteiger charge is -2.27. The van der Waals surface area contributed by atoms with Crippen molar-refractivity contribution in [2.24, 2.45) is 0 Å². The Bertz CT molecular complexity index is 1170. The molecule has 1 aromatic heterocycles. The molecule has 164 valence electrons. The van der Waals surface area contributed by atoms with E-state index in [1.54, 1.807) is 18.2 Å². The van der Waals surface area contributed by atoms with E-state index in [4.69, 9.17) is 14.2 Å². The van der Waals surface area contributed by atoms with Crippen LogP contribution in [0.5, 0.6) is 11.5 Å². The zero-order valence-electron chi connectivity index (χ0n) is 17.6. The van der Waals surface area contributed by atoms with Crippen molar-refractivity contribution >= 4 is 28.2 Å². The fourth-order valence-electron chi connectivity index (χ4n) is 4.05. The summed E-state index contributed by atoms with van der Waals surface area (Å²) in [5.74, 6) is 0.406. The molecule has 5 rings (SSSR count). The maximum Gasteiger partial charge on any atom is 0.341 e. The van der Waals surface area contributed by atoms with Crippen LogP contribution < -0.4 is 14.8 Å². The summed E-state index contributed by atoms with van der Waals surface area (Å²) >= 11 is 1.44. The topological polar surface area (TPSA) is 77.1 Å². The number of ether oxygens (including phenoxy) is 3. The summed E-state index contributed by atoms with van der Waals surface area (Å²) in [4.78, 5) is 28.9. The average Bonchev–Trinajstić information content (AvgIpc) is 3.42. The first-order valence-electron chi connectivity index (χ1n) is 10.3. The standard InChI is InChI=1S/C24H22N2O5S/c1-29-24(28)21-17-9-10-26(12-15-5-3-2-4-6-15)13-20(17)32-23(21)25-22(27)16-7-8-18-19(11-16)31-14-30-18/h2-8,11H,9-10,12-14H2,1H3,(H,25,27). The van der Waals surface area contributed by atoms with Gasteiger partial charge in [0, 0.05) is 30.1 Å². The first kappa shape index (κ1) is 20.5. The average molecular weight is 451 g/mol. The molecule has 0 fully saturated rings. The SMILES string of the molecule is COC(=O)c1c(NC(=O)c2ccc3c(c2)OCO3)sc2c1CCN(Cc1ccccc1)C2. The predicted octanol–water partition coefficient (Wildman–Crippen LogP) is 4.07. The second-order valence-corrected chi connectivity index (χ2v) is 8.77. The molecule has 0 bridgehead atoms. The van der Waals surface area contributed by atoms with Crippen molar-refractivity contribution in [3.8, 4) is 11.5 Å². The molecule has 0 spiro atoms. The Morgan fingerprint density at radius 2 is 1.94 bits per heavy atom. The summed E-state index contributed by atoms with van der Waals surface area (Å²) in [5.41, 5.74) is 3.10. The fraction of sp³-hybridized carbons (Fsp3) is 0.250. The van der Waals surface area contributed by atoms with Crippen LogP contribution in [-0.2, 0) is 24.2 Å². The molecule has 2 aliphatic heterocycles. The predicted molar refractivity (Wildman–Crippen MR) is 120 cm³/mol. The number of nitrogens with one attached hydrogen (secondary N) is 1. The minimum atomic E-state index is -0.431. The van der Waals surface area contributed by atoms with E-state index in [1.807, 2.05) is 18.2 Å². The maximum absolute atomic E-state index is 12.9. The number of benzene rings is 2. The molecule has 0 saturated carbocycles. The van der Waals surface area contributed by atoms with Gasteiger partial charge in [-0.3, -0.25) is 9.69 Å². The number of hydrogen-bond acceptors (Lipinski definition) is 7. The molecule has 1 N–H and O–H groups in total. The van der Waals surface area contributed by atoms with E-state index in [1.165, 1.54) is 24.0 Å². The molecule has 0 unspecified atom stereocenters. The van der Waals surface area contributed by atoms with Crippen LogP contribution >= 0.6 is 11.3 Å². The zero-order valence-corrected chi connectivity index (χ0v) is 18.4. The van der Waals surface area contributed by atoms with Gasteiger partial charge >= 0.3 is 5.97 Å². The minimum absolute atomic E-state index is 0.143. The van der Waals surface area contributed by atoms with Crippen LogP contribution in [0.4, 0.5) is 5.00 Å². The Balaban J connectivity index is 1.39. The molecule has 3 heterocycles. The molecule has 2 aromatic carbocycles. The summed E-state index contributed by atoms with van der Waals surface area (Å²) in [6.45, 7) is 2.53. The highest BCUT2D eigenvalue weighted by molar-refractivity contribution is 7.17. The van der Waals surface area contributed by atoms with Gasteiger partial charge in [0.15, 0.2) is 11.5 Å². The number of carbonyl (C=O) groups is 2. The van der Waals surface area contributed by atoms with Crippen LogP contribution in [-0.4, -0.2) is 37.2 Å². The molecular formula is C24H22N2O5S. The number of esters is 1. The fourth-order valence-corrected chi connectivity index (χ4v) is 5.33. The van der Waals surface area contributed by atoms with Gasteiger partial charge in [-0.2, -0.15) is 0 Å². The molecule has 2 aliphatic rings. The van der Waals surface area contributed by atoms with Gasteiger partial charge in [0.25, 0.3) is 5.91 Å². The van der Waals surface area contributed by atoms with Crippen molar-refractivity contribution in [2.75, 3.05) is 25.8 Å².